The molecule has 2 aromatic rings. The highest BCUT2D eigenvalue weighted by atomic mass is 32.2. The lowest BCUT2D eigenvalue weighted by Gasteiger charge is -2.26. The van der Waals surface area contributed by atoms with Crippen LogP contribution in [0.3, 0.4) is 0 Å². The number of aryl methyl sites for hydroxylation is 1. The number of amides is 2. The highest BCUT2D eigenvalue weighted by molar-refractivity contribution is 7.86. The van der Waals surface area contributed by atoms with Gasteiger partial charge in [-0.1, -0.05) is 24.3 Å². The minimum atomic E-state index is -3.57. The van der Waals surface area contributed by atoms with Gasteiger partial charge in [0.15, 0.2) is 0 Å². The number of benzene rings is 2. The highest BCUT2D eigenvalue weighted by Crippen LogP contribution is 2.19. The minimum Gasteiger partial charge on any atom is -0.383 e. The molecule has 0 radical (unpaired) electrons. The third-order valence-corrected chi connectivity index (χ3v) is 5.04. The Bertz CT molecular complexity index is 938. The first-order valence-corrected chi connectivity index (χ1v) is 11.3. The Morgan fingerprint density at radius 2 is 2.00 bits per heavy atom. The summed E-state index contributed by atoms with van der Waals surface area (Å²) in [5.41, 5.74) is 2.67. The van der Waals surface area contributed by atoms with Crippen LogP contribution >= 0.6 is 0 Å². The van der Waals surface area contributed by atoms with Gasteiger partial charge in [-0.25, -0.2) is 4.79 Å². The summed E-state index contributed by atoms with van der Waals surface area (Å²) in [6, 6.07) is 14.1. The molecule has 1 fully saturated rings. The first-order chi connectivity index (χ1) is 13.8. The van der Waals surface area contributed by atoms with Crippen LogP contribution in [-0.4, -0.2) is 44.9 Å². The predicted molar refractivity (Wildman–Crippen MR) is 111 cm³/mol. The number of anilines is 1. The molecule has 0 aliphatic carbocycles. The molecule has 2 amide bonds. The van der Waals surface area contributed by atoms with Crippen molar-refractivity contribution in [3.63, 3.8) is 0 Å². The Morgan fingerprint density at radius 1 is 1.24 bits per heavy atom. The van der Waals surface area contributed by atoms with Crippen molar-refractivity contribution in [3.8, 4) is 5.75 Å². The van der Waals surface area contributed by atoms with E-state index in [0.717, 1.165) is 42.5 Å². The average Bonchev–Trinajstić information content (AvgIpc) is 3.14. The summed E-state index contributed by atoms with van der Waals surface area (Å²) in [6.07, 6.45) is 2.94. The van der Waals surface area contributed by atoms with E-state index in [0.29, 0.717) is 13.1 Å². The van der Waals surface area contributed by atoms with E-state index in [1.807, 2.05) is 31.2 Å². The lowest BCUT2D eigenvalue weighted by atomic mass is 10.2. The van der Waals surface area contributed by atoms with Crippen molar-refractivity contribution in [2.45, 2.75) is 32.4 Å². The Kier molecular flexibility index (Phi) is 6.76. The third kappa shape index (κ3) is 6.76. The Balaban J connectivity index is 1.71. The molecule has 1 aliphatic rings. The second-order valence-electron chi connectivity index (χ2n) is 7.25. The molecule has 0 spiro atoms. The molecule has 0 aromatic heterocycles. The van der Waals surface area contributed by atoms with Crippen molar-refractivity contribution in [2.24, 2.45) is 0 Å². The Morgan fingerprint density at radius 3 is 2.62 bits per heavy atom. The Hall–Kier alpha value is -2.58. The topological polar surface area (TPSA) is 84.9 Å². The Labute approximate surface area is 171 Å². The maximum Gasteiger partial charge on any atom is 0.322 e. The van der Waals surface area contributed by atoms with Crippen LogP contribution in [0.2, 0.25) is 0 Å². The lowest BCUT2D eigenvalue weighted by molar-refractivity contribution is 0.0819. The predicted octanol–water partition coefficient (Wildman–Crippen LogP) is 3.55. The molecule has 7 nitrogen and oxygen atoms in total. The maximum absolute atomic E-state index is 12.9. The van der Waals surface area contributed by atoms with Crippen molar-refractivity contribution >= 4 is 21.8 Å². The standard InChI is InChI=1S/C21H26N2O5S/c1-16-5-3-6-18(13-16)22-21(24)23(15-20-7-4-12-27-20)14-17-8-10-19(11-9-17)28-29(2,25)26/h3,5-6,8-11,13,20H,4,7,12,14-15H2,1-2H3,(H,22,24)/t20-/m0/s1. The minimum absolute atomic E-state index is 0.0195. The molecule has 1 heterocycles. The van der Waals surface area contributed by atoms with Gasteiger partial charge in [-0.3, -0.25) is 0 Å². The maximum atomic E-state index is 12.9. The van der Waals surface area contributed by atoms with Crippen LogP contribution in [0.4, 0.5) is 10.5 Å². The van der Waals surface area contributed by atoms with Gasteiger partial charge < -0.3 is 19.1 Å². The van der Waals surface area contributed by atoms with Gasteiger partial charge in [-0.2, -0.15) is 8.42 Å². The van der Waals surface area contributed by atoms with Gasteiger partial charge in [0.05, 0.1) is 12.4 Å². The van der Waals surface area contributed by atoms with Gasteiger partial charge in [0.1, 0.15) is 5.75 Å². The normalized spacial score (nSPS) is 16.4. The van der Waals surface area contributed by atoms with Gasteiger partial charge in [-0.05, 0) is 55.2 Å². The van der Waals surface area contributed by atoms with Crippen LogP contribution in [0.1, 0.15) is 24.0 Å². The molecule has 3 rings (SSSR count). The summed E-state index contributed by atoms with van der Waals surface area (Å²) < 4.78 is 33.1. The van der Waals surface area contributed by atoms with Crippen LogP contribution in [0.15, 0.2) is 48.5 Å². The molecule has 156 valence electrons. The van der Waals surface area contributed by atoms with Crippen molar-refractivity contribution < 1.29 is 22.1 Å². The van der Waals surface area contributed by atoms with E-state index in [4.69, 9.17) is 8.92 Å². The van der Waals surface area contributed by atoms with E-state index in [1.54, 1.807) is 29.2 Å². The quantitative estimate of drug-likeness (QED) is 0.695. The van der Waals surface area contributed by atoms with E-state index in [9.17, 15) is 13.2 Å². The largest absolute Gasteiger partial charge is 0.383 e. The van der Waals surface area contributed by atoms with Crippen LogP contribution in [-0.2, 0) is 21.4 Å². The van der Waals surface area contributed by atoms with E-state index in [-0.39, 0.29) is 17.9 Å². The van der Waals surface area contributed by atoms with Crippen molar-refractivity contribution in [2.75, 3.05) is 24.7 Å². The van der Waals surface area contributed by atoms with Gasteiger partial charge >= 0.3 is 16.1 Å². The van der Waals surface area contributed by atoms with Gasteiger partial charge in [0, 0.05) is 25.4 Å². The van der Waals surface area contributed by atoms with Crippen molar-refractivity contribution in [1.82, 2.24) is 4.90 Å². The van der Waals surface area contributed by atoms with Gasteiger partial charge in [0.2, 0.25) is 0 Å². The first-order valence-electron chi connectivity index (χ1n) is 9.51. The number of nitrogens with zero attached hydrogens (tertiary/aromatic N) is 1. The molecule has 2 aromatic carbocycles. The first kappa shape index (κ1) is 21.1. The molecule has 1 N–H and O–H groups in total. The second-order valence-corrected chi connectivity index (χ2v) is 8.82. The summed E-state index contributed by atoms with van der Waals surface area (Å²) >= 11 is 0. The molecule has 29 heavy (non-hydrogen) atoms. The van der Waals surface area contributed by atoms with Crippen LogP contribution in [0.25, 0.3) is 0 Å². The monoisotopic (exact) mass is 418 g/mol. The summed E-state index contributed by atoms with van der Waals surface area (Å²) in [5.74, 6) is 0.242. The molecule has 0 unspecified atom stereocenters. The van der Waals surface area contributed by atoms with Crippen LogP contribution < -0.4 is 9.50 Å². The lowest BCUT2D eigenvalue weighted by Crippen LogP contribution is -2.39. The summed E-state index contributed by atoms with van der Waals surface area (Å²) in [6.45, 7) is 3.55. The molecule has 1 saturated heterocycles. The van der Waals surface area contributed by atoms with E-state index in [2.05, 4.69) is 5.32 Å². The molecule has 1 atom stereocenters. The smallest absolute Gasteiger partial charge is 0.322 e. The number of hydrogen-bond acceptors (Lipinski definition) is 5. The fourth-order valence-electron chi connectivity index (χ4n) is 3.22. The number of hydrogen-bond donors (Lipinski definition) is 1. The zero-order chi connectivity index (χ0) is 20.9. The molecule has 0 bridgehead atoms. The second kappa shape index (κ2) is 9.28. The number of carbonyl (C=O) groups excluding carboxylic acids is 1. The molecule has 1 aliphatic heterocycles. The summed E-state index contributed by atoms with van der Waals surface area (Å²) in [7, 11) is -3.57. The molecular weight excluding hydrogens is 392 g/mol. The third-order valence-electron chi connectivity index (χ3n) is 4.55. The molecule has 0 saturated carbocycles. The average molecular weight is 419 g/mol. The number of rotatable bonds is 7. The SMILES string of the molecule is Cc1cccc(NC(=O)N(Cc2ccc(OS(C)(=O)=O)cc2)C[C@@H]2CCCO2)c1. The van der Waals surface area contributed by atoms with E-state index in [1.165, 1.54) is 0 Å². The van der Waals surface area contributed by atoms with E-state index < -0.39 is 10.1 Å². The zero-order valence-corrected chi connectivity index (χ0v) is 17.4. The van der Waals surface area contributed by atoms with Crippen molar-refractivity contribution in [1.29, 1.82) is 0 Å². The van der Waals surface area contributed by atoms with Crippen LogP contribution in [0.5, 0.6) is 5.75 Å². The summed E-state index contributed by atoms with van der Waals surface area (Å²) in [5, 5.41) is 2.95. The number of ether oxygens (including phenoxy) is 1. The molecule has 8 heteroatoms. The van der Waals surface area contributed by atoms with Gasteiger partial charge in [-0.15, -0.1) is 0 Å². The fourth-order valence-corrected chi connectivity index (χ4v) is 3.69. The van der Waals surface area contributed by atoms with Crippen molar-refractivity contribution in [3.05, 3.63) is 59.7 Å². The van der Waals surface area contributed by atoms with Gasteiger partial charge in [0.25, 0.3) is 0 Å². The zero-order valence-electron chi connectivity index (χ0n) is 16.6. The van der Waals surface area contributed by atoms with E-state index >= 15 is 0 Å². The number of carbonyl (C=O) groups is 1. The summed E-state index contributed by atoms with van der Waals surface area (Å²) in [4.78, 5) is 14.6. The number of nitrogens with one attached hydrogen (secondary N) is 1. The molecular formula is C21H26N2O5S. The fraction of sp³-hybridized carbons (Fsp3) is 0.381. The highest BCUT2D eigenvalue weighted by Gasteiger charge is 2.23. The number of urea groups is 1. The van der Waals surface area contributed by atoms with Crippen LogP contribution in [0, 0.1) is 6.92 Å².